The quantitative estimate of drug-likeness (QED) is 0.463. The molecule has 11 heteroatoms. The van der Waals surface area contributed by atoms with Gasteiger partial charge in [-0.25, -0.2) is 13.4 Å². The molecular formula is C23H31N7O3S. The molecule has 2 aliphatic rings. The van der Waals surface area contributed by atoms with Gasteiger partial charge in [-0.15, -0.1) is 0 Å². The van der Waals surface area contributed by atoms with Gasteiger partial charge in [0.2, 0.25) is 5.95 Å². The first kappa shape index (κ1) is 22.9. The molecule has 1 saturated carbocycles. The van der Waals surface area contributed by atoms with E-state index in [9.17, 15) is 8.42 Å². The minimum atomic E-state index is -2.89. The molecule has 0 radical (unpaired) electrons. The maximum atomic E-state index is 11.7. The largest absolute Gasteiger partial charge is 0.495 e. The van der Waals surface area contributed by atoms with E-state index in [1.807, 2.05) is 18.2 Å². The van der Waals surface area contributed by atoms with Crippen LogP contribution in [0.4, 0.5) is 17.5 Å². The second kappa shape index (κ2) is 9.75. The number of aromatic amines is 1. The molecule has 5 rings (SSSR count). The van der Waals surface area contributed by atoms with Crippen LogP contribution in [0.2, 0.25) is 0 Å². The Morgan fingerprint density at radius 2 is 1.94 bits per heavy atom. The minimum Gasteiger partial charge on any atom is -0.495 e. The molecule has 10 nitrogen and oxygen atoms in total. The molecule has 1 aliphatic carbocycles. The Hall–Kier alpha value is -2.92. The van der Waals surface area contributed by atoms with Crippen LogP contribution in [0, 0.1) is 0 Å². The van der Waals surface area contributed by atoms with E-state index in [1.165, 1.54) is 19.3 Å². The Kier molecular flexibility index (Phi) is 6.55. The zero-order valence-corrected chi connectivity index (χ0v) is 20.2. The van der Waals surface area contributed by atoms with E-state index in [0.29, 0.717) is 43.0 Å². The highest BCUT2D eigenvalue weighted by molar-refractivity contribution is 7.91. The van der Waals surface area contributed by atoms with Crippen LogP contribution in [0.15, 0.2) is 24.5 Å². The zero-order valence-electron chi connectivity index (χ0n) is 19.4. The van der Waals surface area contributed by atoms with Crippen LogP contribution in [0.3, 0.4) is 0 Å². The van der Waals surface area contributed by atoms with Crippen molar-refractivity contribution in [3.8, 4) is 5.75 Å². The second-order valence-electron chi connectivity index (χ2n) is 9.06. The third-order valence-corrected chi connectivity index (χ3v) is 8.19. The number of aromatic nitrogens is 4. The molecule has 182 valence electrons. The molecule has 1 aliphatic heterocycles. The monoisotopic (exact) mass is 485 g/mol. The van der Waals surface area contributed by atoms with Crippen molar-refractivity contribution < 1.29 is 13.2 Å². The summed E-state index contributed by atoms with van der Waals surface area (Å²) in [5.74, 6) is 2.30. The summed E-state index contributed by atoms with van der Waals surface area (Å²) in [5.41, 5.74) is 3.23. The summed E-state index contributed by atoms with van der Waals surface area (Å²) < 4.78 is 29.0. The van der Waals surface area contributed by atoms with Gasteiger partial charge in [-0.3, -0.25) is 4.90 Å². The summed E-state index contributed by atoms with van der Waals surface area (Å²) >= 11 is 0. The standard InChI is InChI=1S/C23H31N7O3S/c1-33-19-13-16(14-30-9-11-34(31,32)12-10-30)7-8-18(19)27-23-28-21-20(24-15-25-21)22(29-23)26-17-5-3-2-4-6-17/h7-8,13,15,17H,2-6,9-12,14H2,1H3,(H3,24,25,26,27,28,29). The summed E-state index contributed by atoms with van der Waals surface area (Å²) in [6, 6.07) is 6.34. The highest BCUT2D eigenvalue weighted by atomic mass is 32.2. The number of sulfone groups is 1. The van der Waals surface area contributed by atoms with Crippen LogP contribution in [0.25, 0.3) is 11.2 Å². The number of anilines is 3. The number of rotatable bonds is 7. The van der Waals surface area contributed by atoms with E-state index in [-0.39, 0.29) is 11.5 Å². The maximum Gasteiger partial charge on any atom is 0.231 e. The third kappa shape index (κ3) is 5.25. The van der Waals surface area contributed by atoms with Crippen LogP contribution in [0.1, 0.15) is 37.7 Å². The molecule has 0 spiro atoms. The molecule has 34 heavy (non-hydrogen) atoms. The number of fused-ring (bicyclic) bond motifs is 1. The Bertz CT molecular complexity index is 1240. The summed E-state index contributed by atoms with van der Waals surface area (Å²) in [5, 5.41) is 6.87. The number of H-pyrrole nitrogens is 1. The van der Waals surface area contributed by atoms with Gasteiger partial charge in [-0.05, 0) is 30.5 Å². The van der Waals surface area contributed by atoms with Gasteiger partial charge in [0.05, 0.1) is 30.6 Å². The lowest BCUT2D eigenvalue weighted by atomic mass is 9.95. The average molecular weight is 486 g/mol. The fourth-order valence-electron chi connectivity index (χ4n) is 4.66. The SMILES string of the molecule is COc1cc(CN2CCS(=O)(=O)CC2)ccc1Nc1nc(NC2CCCCC2)c2nc[nH]c2n1. The lowest BCUT2D eigenvalue weighted by Gasteiger charge is -2.26. The molecule has 2 aromatic heterocycles. The minimum absolute atomic E-state index is 0.217. The Balaban J connectivity index is 1.33. The molecule has 0 bridgehead atoms. The van der Waals surface area contributed by atoms with Gasteiger partial charge in [0.1, 0.15) is 11.3 Å². The second-order valence-corrected chi connectivity index (χ2v) is 11.4. The van der Waals surface area contributed by atoms with Crippen molar-refractivity contribution in [2.75, 3.05) is 42.3 Å². The number of hydrogen-bond acceptors (Lipinski definition) is 9. The van der Waals surface area contributed by atoms with Crippen LogP contribution in [-0.4, -0.2) is 71.0 Å². The maximum absolute atomic E-state index is 11.7. The van der Waals surface area contributed by atoms with Crippen LogP contribution in [-0.2, 0) is 16.4 Å². The van der Waals surface area contributed by atoms with Crippen molar-refractivity contribution in [3.63, 3.8) is 0 Å². The molecule has 2 fully saturated rings. The van der Waals surface area contributed by atoms with Crippen LogP contribution < -0.4 is 15.4 Å². The van der Waals surface area contributed by atoms with Crippen molar-refractivity contribution in [1.29, 1.82) is 0 Å². The number of hydrogen-bond donors (Lipinski definition) is 3. The lowest BCUT2D eigenvalue weighted by Crippen LogP contribution is -2.39. The molecule has 0 unspecified atom stereocenters. The van der Waals surface area contributed by atoms with Crippen molar-refractivity contribution in [1.82, 2.24) is 24.8 Å². The van der Waals surface area contributed by atoms with E-state index < -0.39 is 9.84 Å². The van der Waals surface area contributed by atoms with Crippen molar-refractivity contribution in [3.05, 3.63) is 30.1 Å². The summed E-state index contributed by atoms with van der Waals surface area (Å²) in [6.07, 6.45) is 7.66. The predicted octanol–water partition coefficient (Wildman–Crippen LogP) is 3.08. The number of nitrogens with one attached hydrogen (secondary N) is 3. The molecule has 1 saturated heterocycles. The van der Waals surface area contributed by atoms with Crippen LogP contribution >= 0.6 is 0 Å². The topological polar surface area (TPSA) is 125 Å². The van der Waals surface area contributed by atoms with Gasteiger partial charge in [-0.2, -0.15) is 9.97 Å². The first-order valence-corrected chi connectivity index (χ1v) is 13.7. The van der Waals surface area contributed by atoms with E-state index in [0.717, 1.165) is 35.4 Å². The van der Waals surface area contributed by atoms with Gasteiger partial charge in [0, 0.05) is 25.7 Å². The number of nitrogens with zero attached hydrogens (tertiary/aromatic N) is 4. The fourth-order valence-corrected chi connectivity index (χ4v) is 5.93. The fraction of sp³-hybridized carbons (Fsp3) is 0.522. The highest BCUT2D eigenvalue weighted by Gasteiger charge is 2.22. The lowest BCUT2D eigenvalue weighted by molar-refractivity contribution is 0.287. The van der Waals surface area contributed by atoms with E-state index in [2.05, 4.69) is 30.5 Å². The average Bonchev–Trinajstić information content (AvgIpc) is 3.31. The summed E-state index contributed by atoms with van der Waals surface area (Å²) in [4.78, 5) is 19.0. The normalized spacial score (nSPS) is 19.2. The van der Waals surface area contributed by atoms with Crippen molar-refractivity contribution >= 4 is 38.5 Å². The van der Waals surface area contributed by atoms with Gasteiger partial charge in [0.25, 0.3) is 0 Å². The molecule has 0 atom stereocenters. The van der Waals surface area contributed by atoms with Gasteiger partial charge in [-0.1, -0.05) is 25.3 Å². The van der Waals surface area contributed by atoms with E-state index >= 15 is 0 Å². The molecule has 3 aromatic rings. The smallest absolute Gasteiger partial charge is 0.231 e. The molecular weight excluding hydrogens is 454 g/mol. The number of ether oxygens (including phenoxy) is 1. The zero-order chi connectivity index (χ0) is 23.5. The molecule has 3 heterocycles. The summed E-state index contributed by atoms with van der Waals surface area (Å²) in [6.45, 7) is 1.79. The Morgan fingerprint density at radius 3 is 2.71 bits per heavy atom. The molecule has 0 amide bonds. The van der Waals surface area contributed by atoms with Crippen molar-refractivity contribution in [2.24, 2.45) is 0 Å². The number of methoxy groups -OCH3 is 1. The number of imidazole rings is 1. The van der Waals surface area contributed by atoms with Gasteiger partial charge >= 0.3 is 0 Å². The first-order chi connectivity index (χ1) is 16.5. The predicted molar refractivity (Wildman–Crippen MR) is 132 cm³/mol. The third-order valence-electron chi connectivity index (χ3n) is 6.58. The van der Waals surface area contributed by atoms with Crippen LogP contribution in [0.5, 0.6) is 5.75 Å². The van der Waals surface area contributed by atoms with Gasteiger partial charge < -0.3 is 20.4 Å². The molecule has 3 N–H and O–H groups in total. The van der Waals surface area contributed by atoms with Gasteiger partial charge in [0.15, 0.2) is 21.3 Å². The first-order valence-electron chi connectivity index (χ1n) is 11.8. The number of benzene rings is 1. The Labute approximate surface area is 199 Å². The molecule has 1 aromatic carbocycles. The van der Waals surface area contributed by atoms with E-state index in [1.54, 1.807) is 13.4 Å². The summed E-state index contributed by atoms with van der Waals surface area (Å²) in [7, 11) is -1.26. The Morgan fingerprint density at radius 1 is 1.15 bits per heavy atom. The van der Waals surface area contributed by atoms with Crippen molar-refractivity contribution in [2.45, 2.75) is 44.7 Å². The van der Waals surface area contributed by atoms with E-state index in [4.69, 9.17) is 9.72 Å². The highest BCUT2D eigenvalue weighted by Crippen LogP contribution is 2.30.